The smallest absolute Gasteiger partial charge is 0.253 e. The molecule has 1 aliphatic carbocycles. The predicted octanol–water partition coefficient (Wildman–Crippen LogP) is 2.11. The first-order chi connectivity index (χ1) is 9.89. The van der Waals surface area contributed by atoms with Gasteiger partial charge in [-0.05, 0) is 31.0 Å². The molecule has 0 radical (unpaired) electrons. The number of benzene rings is 1. The molecule has 0 aromatic heterocycles. The third kappa shape index (κ3) is 3.04. The SMILES string of the molecule is CN(C)C(=O)c1ccc(Cl)c(NC(=O)C2(CN)CCC2)c1. The molecule has 21 heavy (non-hydrogen) atoms. The van der Waals surface area contributed by atoms with Gasteiger partial charge < -0.3 is 16.0 Å². The highest BCUT2D eigenvalue weighted by atomic mass is 35.5. The van der Waals surface area contributed by atoms with Crippen molar-refractivity contribution in [3.8, 4) is 0 Å². The Morgan fingerprint density at radius 2 is 2.05 bits per heavy atom. The molecule has 0 atom stereocenters. The molecule has 2 rings (SSSR count). The van der Waals surface area contributed by atoms with Crippen molar-refractivity contribution in [1.82, 2.24) is 4.90 Å². The Morgan fingerprint density at radius 3 is 2.52 bits per heavy atom. The number of carbonyl (C=O) groups is 2. The molecule has 0 saturated heterocycles. The van der Waals surface area contributed by atoms with Crippen LogP contribution < -0.4 is 11.1 Å². The maximum Gasteiger partial charge on any atom is 0.253 e. The van der Waals surface area contributed by atoms with Crippen molar-refractivity contribution in [2.45, 2.75) is 19.3 Å². The molecule has 1 aromatic rings. The van der Waals surface area contributed by atoms with Crippen LogP contribution in [0.25, 0.3) is 0 Å². The molecule has 0 spiro atoms. The van der Waals surface area contributed by atoms with Gasteiger partial charge in [-0.2, -0.15) is 0 Å². The summed E-state index contributed by atoms with van der Waals surface area (Å²) in [7, 11) is 3.35. The second-order valence-electron chi connectivity index (χ2n) is 5.69. The molecule has 5 nitrogen and oxygen atoms in total. The van der Waals surface area contributed by atoms with Crippen LogP contribution >= 0.6 is 11.6 Å². The van der Waals surface area contributed by atoms with Gasteiger partial charge in [0.2, 0.25) is 5.91 Å². The van der Waals surface area contributed by atoms with Gasteiger partial charge in [0.25, 0.3) is 5.91 Å². The molecule has 2 amide bonds. The summed E-state index contributed by atoms with van der Waals surface area (Å²) in [4.78, 5) is 25.8. The fraction of sp³-hybridized carbons (Fsp3) is 0.467. The van der Waals surface area contributed by atoms with Gasteiger partial charge in [0.1, 0.15) is 0 Å². The molecule has 114 valence electrons. The van der Waals surface area contributed by atoms with E-state index in [1.54, 1.807) is 32.3 Å². The molecule has 0 unspecified atom stereocenters. The summed E-state index contributed by atoms with van der Waals surface area (Å²) in [5.41, 5.74) is 6.18. The number of amides is 2. The molecular weight excluding hydrogens is 290 g/mol. The average molecular weight is 310 g/mol. The Morgan fingerprint density at radius 1 is 1.38 bits per heavy atom. The van der Waals surface area contributed by atoms with E-state index in [4.69, 9.17) is 17.3 Å². The molecule has 0 aliphatic heterocycles. The van der Waals surface area contributed by atoms with E-state index in [-0.39, 0.29) is 11.8 Å². The number of carbonyl (C=O) groups excluding carboxylic acids is 2. The molecule has 1 aromatic carbocycles. The minimum atomic E-state index is -0.481. The third-order valence-electron chi connectivity index (χ3n) is 4.05. The number of anilines is 1. The lowest BCUT2D eigenvalue weighted by Gasteiger charge is -2.39. The average Bonchev–Trinajstić information content (AvgIpc) is 2.39. The molecular formula is C15H20ClN3O2. The first kappa shape index (κ1) is 15.8. The fourth-order valence-electron chi connectivity index (χ4n) is 2.39. The maximum atomic E-state index is 12.4. The molecule has 0 heterocycles. The first-order valence-electron chi connectivity index (χ1n) is 6.92. The molecule has 6 heteroatoms. The van der Waals surface area contributed by atoms with E-state index in [1.807, 2.05) is 0 Å². The van der Waals surface area contributed by atoms with Crippen LogP contribution in [0, 0.1) is 5.41 Å². The molecule has 1 fully saturated rings. The van der Waals surface area contributed by atoms with E-state index < -0.39 is 5.41 Å². The summed E-state index contributed by atoms with van der Waals surface area (Å²) in [6, 6.07) is 4.86. The lowest BCUT2D eigenvalue weighted by atomic mass is 9.68. The topological polar surface area (TPSA) is 75.4 Å². The van der Waals surface area contributed by atoms with E-state index in [1.165, 1.54) is 4.90 Å². The van der Waals surface area contributed by atoms with Crippen LogP contribution in [0.15, 0.2) is 18.2 Å². The van der Waals surface area contributed by atoms with Gasteiger partial charge in [-0.15, -0.1) is 0 Å². The van der Waals surface area contributed by atoms with Gasteiger partial charge in [0.15, 0.2) is 0 Å². The fourth-order valence-corrected chi connectivity index (χ4v) is 2.56. The van der Waals surface area contributed by atoms with E-state index in [9.17, 15) is 9.59 Å². The summed E-state index contributed by atoms with van der Waals surface area (Å²) in [5, 5.41) is 3.22. The van der Waals surface area contributed by atoms with E-state index in [0.717, 1.165) is 19.3 Å². The number of nitrogens with zero attached hydrogens (tertiary/aromatic N) is 1. The van der Waals surface area contributed by atoms with Gasteiger partial charge >= 0.3 is 0 Å². The zero-order chi connectivity index (χ0) is 15.6. The molecule has 1 aliphatic rings. The van der Waals surface area contributed by atoms with Gasteiger partial charge in [-0.3, -0.25) is 9.59 Å². The summed E-state index contributed by atoms with van der Waals surface area (Å²) >= 11 is 6.11. The minimum absolute atomic E-state index is 0.118. The number of hydrogen-bond donors (Lipinski definition) is 2. The van der Waals surface area contributed by atoms with Crippen LogP contribution in [0.2, 0.25) is 5.02 Å². The van der Waals surface area contributed by atoms with E-state index >= 15 is 0 Å². The number of nitrogens with two attached hydrogens (primary N) is 1. The Balaban J connectivity index is 2.21. The zero-order valence-electron chi connectivity index (χ0n) is 12.3. The van der Waals surface area contributed by atoms with Crippen molar-refractivity contribution in [3.63, 3.8) is 0 Å². The number of nitrogens with one attached hydrogen (secondary N) is 1. The number of hydrogen-bond acceptors (Lipinski definition) is 3. The normalized spacial score (nSPS) is 16.0. The standard InChI is InChI=1S/C15H20ClN3O2/c1-19(2)13(20)10-4-5-11(16)12(8-10)18-14(21)15(9-17)6-3-7-15/h4-5,8H,3,6-7,9,17H2,1-2H3,(H,18,21). The molecule has 3 N–H and O–H groups in total. The van der Waals surface area contributed by atoms with Gasteiger partial charge in [0, 0.05) is 26.2 Å². The van der Waals surface area contributed by atoms with Gasteiger partial charge in [0.05, 0.1) is 16.1 Å². The lowest BCUT2D eigenvalue weighted by molar-refractivity contribution is -0.129. The molecule has 0 bridgehead atoms. The number of halogens is 1. The van der Waals surface area contributed by atoms with E-state index in [2.05, 4.69) is 5.32 Å². The van der Waals surface area contributed by atoms with Crippen molar-refractivity contribution < 1.29 is 9.59 Å². The monoisotopic (exact) mass is 309 g/mol. The lowest BCUT2D eigenvalue weighted by Crippen LogP contribution is -2.47. The van der Waals surface area contributed by atoms with Crippen LogP contribution in [0.4, 0.5) is 5.69 Å². The van der Waals surface area contributed by atoms with Crippen LogP contribution in [0.5, 0.6) is 0 Å². The quantitative estimate of drug-likeness (QED) is 0.894. The summed E-state index contributed by atoms with van der Waals surface area (Å²) < 4.78 is 0. The second kappa shape index (κ2) is 6.03. The Hall–Kier alpha value is -1.59. The van der Waals surface area contributed by atoms with Crippen LogP contribution in [-0.4, -0.2) is 37.4 Å². The van der Waals surface area contributed by atoms with Crippen molar-refractivity contribution in [1.29, 1.82) is 0 Å². The van der Waals surface area contributed by atoms with Crippen LogP contribution in [0.3, 0.4) is 0 Å². The van der Waals surface area contributed by atoms with Crippen LogP contribution in [0.1, 0.15) is 29.6 Å². The third-order valence-corrected chi connectivity index (χ3v) is 4.38. The summed E-state index contributed by atoms with van der Waals surface area (Å²) in [5.74, 6) is -0.257. The second-order valence-corrected chi connectivity index (χ2v) is 6.09. The highest BCUT2D eigenvalue weighted by Crippen LogP contribution is 2.41. The van der Waals surface area contributed by atoms with Crippen molar-refractivity contribution in [3.05, 3.63) is 28.8 Å². The maximum absolute atomic E-state index is 12.4. The largest absolute Gasteiger partial charge is 0.345 e. The Kier molecular flexibility index (Phi) is 4.54. The predicted molar refractivity (Wildman–Crippen MR) is 83.4 cm³/mol. The summed E-state index contributed by atoms with van der Waals surface area (Å²) in [6.45, 7) is 0.326. The van der Waals surface area contributed by atoms with E-state index in [0.29, 0.717) is 22.8 Å². The highest BCUT2D eigenvalue weighted by molar-refractivity contribution is 6.34. The highest BCUT2D eigenvalue weighted by Gasteiger charge is 2.42. The van der Waals surface area contributed by atoms with Gasteiger partial charge in [-0.25, -0.2) is 0 Å². The van der Waals surface area contributed by atoms with Crippen molar-refractivity contribution >= 4 is 29.1 Å². The Labute approximate surface area is 129 Å². The minimum Gasteiger partial charge on any atom is -0.345 e. The molecule has 1 saturated carbocycles. The summed E-state index contributed by atoms with van der Waals surface area (Å²) in [6.07, 6.45) is 2.60. The van der Waals surface area contributed by atoms with Crippen molar-refractivity contribution in [2.75, 3.05) is 26.0 Å². The number of rotatable bonds is 4. The van der Waals surface area contributed by atoms with Crippen molar-refractivity contribution in [2.24, 2.45) is 11.1 Å². The first-order valence-corrected chi connectivity index (χ1v) is 7.30. The van der Waals surface area contributed by atoms with Gasteiger partial charge in [-0.1, -0.05) is 18.0 Å². The Bertz CT molecular complexity index is 563. The zero-order valence-corrected chi connectivity index (χ0v) is 13.0. The van der Waals surface area contributed by atoms with Crippen LogP contribution in [-0.2, 0) is 4.79 Å².